The van der Waals surface area contributed by atoms with Gasteiger partial charge in [-0.05, 0) is 24.1 Å². The number of benzene rings is 1. The molecule has 1 aromatic heterocycles. The van der Waals surface area contributed by atoms with Gasteiger partial charge in [-0.1, -0.05) is 17.3 Å². The van der Waals surface area contributed by atoms with Crippen LogP contribution in [0.3, 0.4) is 0 Å². The number of ether oxygens (including phenoxy) is 1. The predicted molar refractivity (Wildman–Crippen MR) is 108 cm³/mol. The molecule has 180 valence electrons. The van der Waals surface area contributed by atoms with Crippen molar-refractivity contribution in [2.24, 2.45) is 0 Å². The third-order valence-corrected chi connectivity index (χ3v) is 5.40. The zero-order chi connectivity index (χ0) is 24.2. The molecule has 10 nitrogen and oxygen atoms in total. The first-order valence-electron chi connectivity index (χ1n) is 10.1. The van der Waals surface area contributed by atoms with Gasteiger partial charge in [0, 0.05) is 32.8 Å². The van der Waals surface area contributed by atoms with Crippen molar-refractivity contribution in [3.05, 3.63) is 41.7 Å². The quantitative estimate of drug-likeness (QED) is 0.482. The maximum absolute atomic E-state index is 13.1. The minimum Gasteiger partial charge on any atom is -0.479 e. The van der Waals surface area contributed by atoms with Gasteiger partial charge in [0.1, 0.15) is 5.69 Å². The lowest BCUT2D eigenvalue weighted by molar-refractivity contribution is -0.266. The molecule has 1 saturated heterocycles. The zero-order valence-electron chi connectivity index (χ0n) is 17.7. The van der Waals surface area contributed by atoms with Gasteiger partial charge < -0.3 is 20.3 Å². The number of alkyl halides is 3. The number of likely N-dealkylation sites (tertiary alicyclic amines) is 1. The second-order valence-corrected chi connectivity index (χ2v) is 7.75. The molecule has 1 amide bonds. The number of nitrogens with zero attached hydrogens (tertiary/aromatic N) is 4. The Bertz CT molecular complexity index is 981. The highest BCUT2D eigenvalue weighted by atomic mass is 19.4. The molecule has 3 rings (SSSR count). The lowest BCUT2D eigenvalue weighted by Gasteiger charge is -2.23. The largest absolute Gasteiger partial charge is 0.479 e. The molecule has 0 spiro atoms. The average Bonchev–Trinajstić information content (AvgIpc) is 3.41. The molecule has 0 bridgehead atoms. The Morgan fingerprint density at radius 2 is 1.97 bits per heavy atom. The molecule has 2 aromatic rings. The summed E-state index contributed by atoms with van der Waals surface area (Å²) in [6.07, 6.45) is -3.83. The monoisotopic (exact) mass is 471 g/mol. The van der Waals surface area contributed by atoms with Crippen molar-refractivity contribution in [2.45, 2.75) is 30.7 Å². The molecule has 0 radical (unpaired) electrons. The number of halogens is 3. The number of rotatable bonds is 9. The van der Waals surface area contributed by atoms with Gasteiger partial charge in [0.05, 0.1) is 24.9 Å². The van der Waals surface area contributed by atoms with Gasteiger partial charge in [-0.3, -0.25) is 9.69 Å². The highest BCUT2D eigenvalue weighted by Gasteiger charge is 2.63. The third-order valence-electron chi connectivity index (χ3n) is 5.40. The van der Waals surface area contributed by atoms with Crippen LogP contribution in [0.5, 0.6) is 0 Å². The molecular weight excluding hydrogens is 447 g/mol. The van der Waals surface area contributed by atoms with E-state index in [2.05, 4.69) is 20.5 Å². The second-order valence-electron chi connectivity index (χ2n) is 7.75. The summed E-state index contributed by atoms with van der Waals surface area (Å²) in [6, 6.07) is 6.25. The Morgan fingerprint density at radius 3 is 2.58 bits per heavy atom. The summed E-state index contributed by atoms with van der Waals surface area (Å²) < 4.78 is 45.2. The summed E-state index contributed by atoms with van der Waals surface area (Å²) in [7, 11) is 1.64. The molecular formula is C20H24F3N5O5. The molecule has 13 heteroatoms. The van der Waals surface area contributed by atoms with Crippen LogP contribution in [0.25, 0.3) is 5.69 Å². The Balaban J connectivity index is 1.61. The van der Waals surface area contributed by atoms with Gasteiger partial charge in [0.15, 0.2) is 0 Å². The zero-order valence-corrected chi connectivity index (χ0v) is 17.7. The molecule has 2 heterocycles. The maximum Gasteiger partial charge on any atom is 0.434 e. The Labute approximate surface area is 186 Å². The van der Waals surface area contributed by atoms with E-state index < -0.39 is 23.4 Å². The molecule has 1 fully saturated rings. The number of aliphatic carboxylic acids is 1. The van der Waals surface area contributed by atoms with Crippen LogP contribution in [0.1, 0.15) is 17.7 Å². The lowest BCUT2D eigenvalue weighted by atomic mass is 10.0. The molecule has 0 aliphatic carbocycles. The van der Waals surface area contributed by atoms with Gasteiger partial charge in [0.2, 0.25) is 5.91 Å². The third kappa shape index (κ3) is 5.49. The van der Waals surface area contributed by atoms with Crippen molar-refractivity contribution in [1.29, 1.82) is 0 Å². The number of methoxy groups -OCH3 is 1. The van der Waals surface area contributed by atoms with Crippen LogP contribution in [0.4, 0.5) is 13.2 Å². The first kappa shape index (κ1) is 24.6. The SMILES string of the molecule is COCCN1CCC(NC(=O)Cc2ccc(-n3cc(C(O)(C(=O)O)C(F)(F)F)nn3)cc2)C1. The number of carboxylic acid groups (broad SMARTS) is 1. The van der Waals surface area contributed by atoms with E-state index in [0.29, 0.717) is 18.4 Å². The van der Waals surface area contributed by atoms with Gasteiger partial charge >= 0.3 is 17.7 Å². The molecule has 33 heavy (non-hydrogen) atoms. The molecule has 1 aromatic carbocycles. The van der Waals surface area contributed by atoms with E-state index in [0.717, 1.165) is 30.7 Å². The number of carbonyl (C=O) groups is 2. The minimum atomic E-state index is -5.49. The van der Waals surface area contributed by atoms with E-state index in [-0.39, 0.29) is 24.1 Å². The summed E-state index contributed by atoms with van der Waals surface area (Å²) in [5, 5.41) is 28.2. The highest BCUT2D eigenvalue weighted by Crippen LogP contribution is 2.38. The second kappa shape index (κ2) is 9.85. The summed E-state index contributed by atoms with van der Waals surface area (Å²) in [5.74, 6) is -2.66. The smallest absolute Gasteiger partial charge is 0.434 e. The topological polar surface area (TPSA) is 130 Å². The first-order valence-corrected chi connectivity index (χ1v) is 10.1. The van der Waals surface area contributed by atoms with Crippen LogP contribution in [-0.2, 0) is 26.3 Å². The summed E-state index contributed by atoms with van der Waals surface area (Å²) >= 11 is 0. The number of nitrogens with one attached hydrogen (secondary N) is 1. The van der Waals surface area contributed by atoms with Crippen molar-refractivity contribution < 1.29 is 37.7 Å². The van der Waals surface area contributed by atoms with E-state index in [4.69, 9.17) is 9.84 Å². The Morgan fingerprint density at radius 1 is 1.27 bits per heavy atom. The van der Waals surface area contributed by atoms with Crippen molar-refractivity contribution in [3.8, 4) is 5.69 Å². The van der Waals surface area contributed by atoms with E-state index in [1.54, 1.807) is 19.2 Å². The minimum absolute atomic E-state index is 0.0591. The average molecular weight is 471 g/mol. The lowest BCUT2D eigenvalue weighted by Crippen LogP contribution is -2.49. The van der Waals surface area contributed by atoms with Crippen molar-refractivity contribution in [3.63, 3.8) is 0 Å². The number of carbonyl (C=O) groups excluding carboxylic acids is 1. The Hall–Kier alpha value is -3.03. The fourth-order valence-electron chi connectivity index (χ4n) is 3.54. The fraction of sp³-hybridized carbons (Fsp3) is 0.500. The number of carboxylic acids is 1. The van der Waals surface area contributed by atoms with E-state index in [9.17, 15) is 27.9 Å². The standard InChI is InChI=1S/C20H24F3N5O5/c1-33-9-8-27-7-6-14(11-27)24-17(29)10-13-2-4-15(5-3-13)28-12-16(25-26-28)19(32,18(30)31)20(21,22)23/h2-5,12,14,32H,6-11H2,1H3,(H,24,29)(H,30,31). The first-order chi connectivity index (χ1) is 15.5. The molecule has 1 aliphatic rings. The predicted octanol–water partition coefficient (Wildman–Crippen LogP) is 0.481. The summed E-state index contributed by atoms with van der Waals surface area (Å²) in [6.45, 7) is 3.07. The fourth-order valence-corrected chi connectivity index (χ4v) is 3.54. The molecule has 3 N–H and O–H groups in total. The van der Waals surface area contributed by atoms with Crippen LogP contribution in [0, 0.1) is 0 Å². The highest BCUT2D eigenvalue weighted by molar-refractivity contribution is 5.80. The van der Waals surface area contributed by atoms with Crippen LogP contribution < -0.4 is 5.32 Å². The van der Waals surface area contributed by atoms with Crippen molar-refractivity contribution in [2.75, 3.05) is 33.4 Å². The van der Waals surface area contributed by atoms with E-state index in [1.807, 2.05) is 0 Å². The molecule has 0 saturated carbocycles. The normalized spacial score (nSPS) is 18.8. The Kier molecular flexibility index (Phi) is 7.34. The van der Waals surface area contributed by atoms with Crippen molar-refractivity contribution >= 4 is 11.9 Å². The van der Waals surface area contributed by atoms with Gasteiger partial charge in [-0.25, -0.2) is 9.48 Å². The van der Waals surface area contributed by atoms with Crippen LogP contribution in [0.2, 0.25) is 0 Å². The van der Waals surface area contributed by atoms with Gasteiger partial charge in [-0.2, -0.15) is 13.2 Å². The summed E-state index contributed by atoms with van der Waals surface area (Å²) in [5.41, 5.74) is -4.40. The van der Waals surface area contributed by atoms with Crippen LogP contribution >= 0.6 is 0 Å². The van der Waals surface area contributed by atoms with Gasteiger partial charge in [-0.15, -0.1) is 5.10 Å². The van der Waals surface area contributed by atoms with E-state index in [1.165, 1.54) is 12.1 Å². The number of amides is 1. The van der Waals surface area contributed by atoms with Crippen LogP contribution in [-0.4, -0.2) is 87.6 Å². The number of aromatic nitrogens is 3. The number of hydrogen-bond donors (Lipinski definition) is 3. The molecule has 1 aliphatic heterocycles. The van der Waals surface area contributed by atoms with Crippen LogP contribution in [0.15, 0.2) is 30.5 Å². The summed E-state index contributed by atoms with van der Waals surface area (Å²) in [4.78, 5) is 25.6. The maximum atomic E-state index is 13.1. The number of hydrogen-bond acceptors (Lipinski definition) is 7. The molecule has 2 atom stereocenters. The van der Waals surface area contributed by atoms with E-state index >= 15 is 0 Å². The number of aliphatic hydroxyl groups is 1. The van der Waals surface area contributed by atoms with Gasteiger partial charge in [0.25, 0.3) is 0 Å². The molecule has 2 unspecified atom stereocenters. The van der Waals surface area contributed by atoms with Crippen molar-refractivity contribution in [1.82, 2.24) is 25.2 Å².